The van der Waals surface area contributed by atoms with Crippen LogP contribution in [0.4, 0.5) is 5.69 Å². The molecule has 0 aliphatic carbocycles. The van der Waals surface area contributed by atoms with Gasteiger partial charge in [0.05, 0.1) is 23.4 Å². The summed E-state index contributed by atoms with van der Waals surface area (Å²) in [6.07, 6.45) is 2.27. The molecule has 0 bridgehead atoms. The molecule has 1 aliphatic rings. The number of nitrogens with two attached hydrogens (primary N) is 1. The van der Waals surface area contributed by atoms with Crippen molar-refractivity contribution in [2.24, 2.45) is 0 Å². The van der Waals surface area contributed by atoms with Gasteiger partial charge in [-0.2, -0.15) is 0 Å². The Hall–Kier alpha value is -1.66. The molecule has 0 radical (unpaired) electrons. The van der Waals surface area contributed by atoms with Gasteiger partial charge in [-0.15, -0.1) is 12.4 Å². The standard InChI is InChI=1S/C15H20ClN3O3.ClH/c1-22-13-9-12(17)11(16)8-10(13)15(21)18-5-3-7-19-6-2-4-14(19)20;/h8-9H,2-7,17H2,1H3,(H,18,21);1H. The molecule has 1 aromatic rings. The first-order valence-corrected chi connectivity index (χ1v) is 7.59. The van der Waals surface area contributed by atoms with E-state index in [2.05, 4.69) is 5.32 Å². The van der Waals surface area contributed by atoms with Gasteiger partial charge in [0, 0.05) is 32.1 Å². The summed E-state index contributed by atoms with van der Waals surface area (Å²) in [6.45, 7) is 1.96. The molecule has 6 nitrogen and oxygen atoms in total. The van der Waals surface area contributed by atoms with Crippen molar-refractivity contribution in [1.29, 1.82) is 0 Å². The molecule has 0 aromatic heterocycles. The van der Waals surface area contributed by atoms with Crippen molar-refractivity contribution < 1.29 is 14.3 Å². The molecule has 1 fully saturated rings. The highest BCUT2D eigenvalue weighted by atomic mass is 35.5. The average Bonchev–Trinajstić information content (AvgIpc) is 2.91. The maximum Gasteiger partial charge on any atom is 0.255 e. The molecule has 8 heteroatoms. The van der Waals surface area contributed by atoms with Crippen molar-refractivity contribution in [2.75, 3.05) is 32.5 Å². The fraction of sp³-hybridized carbons (Fsp3) is 0.467. The van der Waals surface area contributed by atoms with Crippen LogP contribution >= 0.6 is 24.0 Å². The van der Waals surface area contributed by atoms with Crippen molar-refractivity contribution in [3.63, 3.8) is 0 Å². The summed E-state index contributed by atoms with van der Waals surface area (Å²) in [7, 11) is 1.47. The van der Waals surface area contributed by atoms with Crippen LogP contribution in [0.3, 0.4) is 0 Å². The smallest absolute Gasteiger partial charge is 0.255 e. The number of likely N-dealkylation sites (tertiary alicyclic amines) is 1. The van der Waals surface area contributed by atoms with E-state index in [1.54, 1.807) is 0 Å². The van der Waals surface area contributed by atoms with Crippen LogP contribution in [0, 0.1) is 0 Å². The normalized spacial score (nSPS) is 13.7. The van der Waals surface area contributed by atoms with Crippen molar-refractivity contribution in [1.82, 2.24) is 10.2 Å². The molecule has 3 N–H and O–H groups in total. The van der Waals surface area contributed by atoms with Crippen molar-refractivity contribution in [3.8, 4) is 5.75 Å². The van der Waals surface area contributed by atoms with Gasteiger partial charge in [-0.1, -0.05) is 11.6 Å². The summed E-state index contributed by atoms with van der Waals surface area (Å²) >= 11 is 5.95. The second-order valence-electron chi connectivity index (χ2n) is 5.17. The Morgan fingerprint density at radius 3 is 2.83 bits per heavy atom. The summed E-state index contributed by atoms with van der Waals surface area (Å²) in [4.78, 5) is 25.5. The van der Waals surface area contributed by atoms with E-state index in [0.29, 0.717) is 48.0 Å². The lowest BCUT2D eigenvalue weighted by Gasteiger charge is -2.15. The number of nitrogens with one attached hydrogen (secondary N) is 1. The highest BCUT2D eigenvalue weighted by Gasteiger charge is 2.19. The zero-order valence-electron chi connectivity index (χ0n) is 12.9. The number of nitrogens with zero attached hydrogens (tertiary/aromatic N) is 1. The summed E-state index contributed by atoms with van der Waals surface area (Å²) in [6, 6.07) is 3.02. The third-order valence-corrected chi connectivity index (χ3v) is 3.95. The zero-order valence-corrected chi connectivity index (χ0v) is 14.5. The molecule has 1 aliphatic heterocycles. The van der Waals surface area contributed by atoms with Gasteiger partial charge in [-0.25, -0.2) is 0 Å². The van der Waals surface area contributed by atoms with E-state index < -0.39 is 0 Å². The van der Waals surface area contributed by atoms with Crippen LogP contribution in [0.2, 0.25) is 5.02 Å². The van der Waals surface area contributed by atoms with E-state index in [1.807, 2.05) is 4.90 Å². The Bertz CT molecular complexity index is 581. The van der Waals surface area contributed by atoms with Crippen LogP contribution in [-0.2, 0) is 4.79 Å². The Balaban J connectivity index is 0.00000264. The molecule has 2 amide bonds. The van der Waals surface area contributed by atoms with Crippen LogP contribution in [0.5, 0.6) is 5.75 Å². The number of halogens is 2. The monoisotopic (exact) mass is 361 g/mol. The number of benzene rings is 1. The highest BCUT2D eigenvalue weighted by Crippen LogP contribution is 2.28. The van der Waals surface area contributed by atoms with Crippen molar-refractivity contribution in [2.45, 2.75) is 19.3 Å². The minimum atomic E-state index is -0.272. The predicted molar refractivity (Wildman–Crippen MR) is 92.4 cm³/mol. The lowest BCUT2D eigenvalue weighted by atomic mass is 10.1. The van der Waals surface area contributed by atoms with Gasteiger partial charge in [0.25, 0.3) is 5.91 Å². The molecule has 0 unspecified atom stereocenters. The summed E-state index contributed by atoms with van der Waals surface area (Å²) < 4.78 is 5.15. The first kappa shape index (κ1) is 19.4. The van der Waals surface area contributed by atoms with Gasteiger partial charge in [-0.05, 0) is 18.9 Å². The molecule has 1 heterocycles. The second-order valence-corrected chi connectivity index (χ2v) is 5.57. The van der Waals surface area contributed by atoms with Crippen molar-refractivity contribution in [3.05, 3.63) is 22.7 Å². The van der Waals surface area contributed by atoms with E-state index in [4.69, 9.17) is 22.1 Å². The predicted octanol–water partition coefficient (Wildman–Crippen LogP) is 2.09. The summed E-state index contributed by atoms with van der Waals surface area (Å²) in [5, 5.41) is 3.12. The van der Waals surface area contributed by atoms with Gasteiger partial charge in [0.2, 0.25) is 5.91 Å². The fourth-order valence-corrected chi connectivity index (χ4v) is 2.59. The SMILES string of the molecule is COc1cc(N)c(Cl)cc1C(=O)NCCCN1CCCC1=O.Cl. The van der Waals surface area contributed by atoms with Crippen LogP contribution in [0.1, 0.15) is 29.6 Å². The number of amides is 2. The number of hydrogen-bond acceptors (Lipinski definition) is 4. The molecule has 1 saturated heterocycles. The molecule has 0 saturated carbocycles. The first-order valence-electron chi connectivity index (χ1n) is 7.22. The lowest BCUT2D eigenvalue weighted by molar-refractivity contribution is -0.127. The number of methoxy groups -OCH3 is 1. The Morgan fingerprint density at radius 1 is 1.48 bits per heavy atom. The number of rotatable bonds is 6. The maximum atomic E-state index is 12.2. The largest absolute Gasteiger partial charge is 0.496 e. The maximum absolute atomic E-state index is 12.2. The molecular formula is C15H21Cl2N3O3. The van der Waals surface area contributed by atoms with Gasteiger partial charge in [0.1, 0.15) is 5.75 Å². The van der Waals surface area contributed by atoms with E-state index >= 15 is 0 Å². The number of nitrogen functional groups attached to an aromatic ring is 1. The van der Waals surface area contributed by atoms with E-state index in [0.717, 1.165) is 13.0 Å². The van der Waals surface area contributed by atoms with E-state index in [-0.39, 0.29) is 24.2 Å². The topological polar surface area (TPSA) is 84.7 Å². The third-order valence-electron chi connectivity index (χ3n) is 3.63. The zero-order chi connectivity index (χ0) is 16.1. The molecule has 23 heavy (non-hydrogen) atoms. The molecule has 0 atom stereocenters. The first-order chi connectivity index (χ1) is 10.5. The summed E-state index contributed by atoms with van der Waals surface area (Å²) in [5.74, 6) is 0.305. The number of carbonyl (C=O) groups is 2. The number of anilines is 1. The van der Waals surface area contributed by atoms with Crippen molar-refractivity contribution >= 4 is 41.5 Å². The Kier molecular flexibility index (Phi) is 7.45. The minimum Gasteiger partial charge on any atom is -0.496 e. The third kappa shape index (κ3) is 4.91. The lowest BCUT2D eigenvalue weighted by Crippen LogP contribution is -2.30. The molecule has 2 rings (SSSR count). The van der Waals surface area contributed by atoms with Crippen LogP contribution in [0.25, 0.3) is 0 Å². The number of hydrogen-bond donors (Lipinski definition) is 2. The molecule has 0 spiro atoms. The van der Waals surface area contributed by atoms with Crippen LogP contribution in [-0.4, -0.2) is 43.5 Å². The minimum absolute atomic E-state index is 0. The summed E-state index contributed by atoms with van der Waals surface area (Å²) in [5.41, 5.74) is 6.40. The van der Waals surface area contributed by atoms with Crippen LogP contribution in [0.15, 0.2) is 12.1 Å². The molecular weight excluding hydrogens is 341 g/mol. The average molecular weight is 362 g/mol. The number of ether oxygens (including phenoxy) is 1. The van der Waals surface area contributed by atoms with Gasteiger partial charge < -0.3 is 20.7 Å². The van der Waals surface area contributed by atoms with E-state index in [9.17, 15) is 9.59 Å². The Labute approximate surface area is 146 Å². The van der Waals surface area contributed by atoms with Gasteiger partial charge in [0.15, 0.2) is 0 Å². The quantitative estimate of drug-likeness (QED) is 0.600. The number of carbonyl (C=O) groups excluding carboxylic acids is 2. The molecule has 1 aromatic carbocycles. The van der Waals surface area contributed by atoms with Gasteiger partial charge >= 0.3 is 0 Å². The van der Waals surface area contributed by atoms with E-state index in [1.165, 1.54) is 19.2 Å². The van der Waals surface area contributed by atoms with Gasteiger partial charge in [-0.3, -0.25) is 9.59 Å². The second kappa shape index (κ2) is 8.84. The van der Waals surface area contributed by atoms with Crippen LogP contribution < -0.4 is 15.8 Å². The Morgan fingerprint density at radius 2 is 2.22 bits per heavy atom. The molecule has 128 valence electrons. The fourth-order valence-electron chi connectivity index (χ4n) is 2.42. The highest BCUT2D eigenvalue weighted by molar-refractivity contribution is 6.33.